The topological polar surface area (TPSA) is 107 Å². The zero-order chi connectivity index (χ0) is 21.2. The smallest absolute Gasteiger partial charge is 0.225 e. The Morgan fingerprint density at radius 2 is 1.71 bits per heavy atom. The molecule has 0 saturated carbocycles. The number of hydrogen-bond donors (Lipinski definition) is 2. The van der Waals surface area contributed by atoms with Crippen molar-refractivity contribution in [3.8, 4) is 16.9 Å². The standard InChI is InChI=1S/C23H20N8/c1-15(16-5-3-2-4-6-16)29-23-25-10-9-21(30-23)31-14-28-19-11-17(7-8-20(19)31)18-12-26-22(24)27-13-18/h2-15H,1H3,(H2,24,26,27)(H,25,29,30). The van der Waals surface area contributed by atoms with Crippen molar-refractivity contribution in [2.45, 2.75) is 13.0 Å². The van der Waals surface area contributed by atoms with Gasteiger partial charge < -0.3 is 11.1 Å². The van der Waals surface area contributed by atoms with Crippen LogP contribution < -0.4 is 11.1 Å². The predicted octanol–water partition coefficient (Wildman–Crippen LogP) is 4.03. The SMILES string of the molecule is CC(Nc1nccc(-n2cnc3cc(-c4cnc(N)nc4)ccc32)n1)c1ccccc1. The average Bonchev–Trinajstić information content (AvgIpc) is 3.24. The van der Waals surface area contributed by atoms with Crippen LogP contribution in [0.25, 0.3) is 28.0 Å². The van der Waals surface area contributed by atoms with Gasteiger partial charge >= 0.3 is 0 Å². The number of nitrogens with two attached hydrogens (primary N) is 1. The number of anilines is 2. The van der Waals surface area contributed by atoms with E-state index >= 15 is 0 Å². The van der Waals surface area contributed by atoms with Crippen LogP contribution in [0, 0.1) is 0 Å². The molecule has 1 atom stereocenters. The summed E-state index contributed by atoms with van der Waals surface area (Å²) in [6.07, 6.45) is 6.92. The molecule has 3 heterocycles. The Bertz CT molecular complexity index is 1330. The van der Waals surface area contributed by atoms with Gasteiger partial charge in [0.2, 0.25) is 11.9 Å². The fraction of sp³-hybridized carbons (Fsp3) is 0.0870. The molecule has 0 aliphatic rings. The van der Waals surface area contributed by atoms with Gasteiger partial charge in [0.1, 0.15) is 12.1 Å². The Kier molecular flexibility index (Phi) is 4.72. The minimum atomic E-state index is 0.0840. The second-order valence-corrected chi connectivity index (χ2v) is 7.16. The number of nitrogen functional groups attached to an aromatic ring is 1. The lowest BCUT2D eigenvalue weighted by Crippen LogP contribution is -2.10. The third kappa shape index (κ3) is 3.78. The predicted molar refractivity (Wildman–Crippen MR) is 121 cm³/mol. The second-order valence-electron chi connectivity index (χ2n) is 7.16. The van der Waals surface area contributed by atoms with Crippen molar-refractivity contribution >= 4 is 22.9 Å². The van der Waals surface area contributed by atoms with Gasteiger partial charge in [-0.25, -0.2) is 19.9 Å². The van der Waals surface area contributed by atoms with Crippen LogP contribution in [-0.4, -0.2) is 29.5 Å². The summed E-state index contributed by atoms with van der Waals surface area (Å²) in [5.74, 6) is 1.55. The molecule has 3 N–H and O–H groups in total. The average molecular weight is 408 g/mol. The van der Waals surface area contributed by atoms with Crippen molar-refractivity contribution in [3.05, 3.63) is 85.1 Å². The van der Waals surface area contributed by atoms with E-state index in [1.807, 2.05) is 47.0 Å². The van der Waals surface area contributed by atoms with Gasteiger partial charge in [0.25, 0.3) is 0 Å². The summed E-state index contributed by atoms with van der Waals surface area (Å²) in [7, 11) is 0. The highest BCUT2D eigenvalue weighted by molar-refractivity contribution is 5.83. The van der Waals surface area contributed by atoms with Gasteiger partial charge in [-0.15, -0.1) is 0 Å². The minimum Gasteiger partial charge on any atom is -0.368 e. The number of fused-ring (bicyclic) bond motifs is 1. The lowest BCUT2D eigenvalue weighted by Gasteiger charge is -2.14. The first kappa shape index (κ1) is 18.7. The summed E-state index contributed by atoms with van der Waals surface area (Å²) >= 11 is 0. The minimum absolute atomic E-state index is 0.0840. The monoisotopic (exact) mass is 408 g/mol. The highest BCUT2D eigenvalue weighted by atomic mass is 15.2. The van der Waals surface area contributed by atoms with Crippen LogP contribution in [0.15, 0.2) is 79.5 Å². The van der Waals surface area contributed by atoms with E-state index in [9.17, 15) is 0 Å². The van der Waals surface area contributed by atoms with E-state index in [0.717, 1.165) is 28.0 Å². The highest BCUT2D eigenvalue weighted by Crippen LogP contribution is 2.25. The van der Waals surface area contributed by atoms with Gasteiger partial charge in [-0.3, -0.25) is 4.57 Å². The Hall–Kier alpha value is -4.33. The molecule has 8 nitrogen and oxygen atoms in total. The molecular weight excluding hydrogens is 388 g/mol. The van der Waals surface area contributed by atoms with Crippen molar-refractivity contribution in [3.63, 3.8) is 0 Å². The molecule has 5 aromatic rings. The fourth-order valence-corrected chi connectivity index (χ4v) is 3.43. The number of imidazole rings is 1. The lowest BCUT2D eigenvalue weighted by atomic mass is 10.1. The van der Waals surface area contributed by atoms with Crippen molar-refractivity contribution in [1.29, 1.82) is 0 Å². The number of nitrogens with zero attached hydrogens (tertiary/aromatic N) is 6. The van der Waals surface area contributed by atoms with Gasteiger partial charge in [-0.2, -0.15) is 4.98 Å². The molecule has 2 aromatic carbocycles. The maximum Gasteiger partial charge on any atom is 0.225 e. The van der Waals surface area contributed by atoms with Crippen LogP contribution in [0.2, 0.25) is 0 Å². The number of benzene rings is 2. The zero-order valence-electron chi connectivity index (χ0n) is 16.8. The van der Waals surface area contributed by atoms with Crippen LogP contribution in [-0.2, 0) is 0 Å². The number of rotatable bonds is 5. The highest BCUT2D eigenvalue weighted by Gasteiger charge is 2.11. The Labute approximate surface area is 178 Å². The molecule has 0 amide bonds. The van der Waals surface area contributed by atoms with Crippen LogP contribution in [0.3, 0.4) is 0 Å². The van der Waals surface area contributed by atoms with Crippen molar-refractivity contribution in [2.75, 3.05) is 11.1 Å². The summed E-state index contributed by atoms with van der Waals surface area (Å²) in [6, 6.07) is 18.2. The van der Waals surface area contributed by atoms with Gasteiger partial charge in [0.05, 0.1) is 17.1 Å². The lowest BCUT2D eigenvalue weighted by molar-refractivity contribution is 0.854. The first-order valence-electron chi connectivity index (χ1n) is 9.87. The van der Waals surface area contributed by atoms with E-state index < -0.39 is 0 Å². The van der Waals surface area contributed by atoms with Crippen LogP contribution >= 0.6 is 0 Å². The molecule has 31 heavy (non-hydrogen) atoms. The maximum atomic E-state index is 5.58. The molecule has 8 heteroatoms. The molecule has 152 valence electrons. The molecule has 0 fully saturated rings. The van der Waals surface area contributed by atoms with Crippen molar-refractivity contribution < 1.29 is 0 Å². The summed E-state index contributed by atoms with van der Waals surface area (Å²) in [4.78, 5) is 21.7. The number of nitrogens with one attached hydrogen (secondary N) is 1. The molecule has 0 aliphatic carbocycles. The van der Waals surface area contributed by atoms with Gasteiger partial charge in [-0.05, 0) is 36.2 Å². The summed E-state index contributed by atoms with van der Waals surface area (Å²) in [5.41, 5.74) is 10.4. The van der Waals surface area contributed by atoms with E-state index in [2.05, 4.69) is 49.3 Å². The van der Waals surface area contributed by atoms with Crippen LogP contribution in [0.4, 0.5) is 11.9 Å². The van der Waals surface area contributed by atoms with E-state index in [1.54, 1.807) is 24.9 Å². The second kappa shape index (κ2) is 7.83. The maximum absolute atomic E-state index is 5.58. The molecule has 0 bridgehead atoms. The summed E-state index contributed by atoms with van der Waals surface area (Å²) in [6.45, 7) is 2.08. The third-order valence-electron chi connectivity index (χ3n) is 5.09. The summed E-state index contributed by atoms with van der Waals surface area (Å²) < 4.78 is 1.94. The third-order valence-corrected chi connectivity index (χ3v) is 5.09. The van der Waals surface area contributed by atoms with E-state index in [1.165, 1.54) is 5.56 Å². The van der Waals surface area contributed by atoms with E-state index in [-0.39, 0.29) is 12.0 Å². The molecule has 1 unspecified atom stereocenters. The first-order chi connectivity index (χ1) is 15.2. The van der Waals surface area contributed by atoms with Gasteiger partial charge in [0.15, 0.2) is 0 Å². The van der Waals surface area contributed by atoms with E-state index in [4.69, 9.17) is 5.73 Å². The number of hydrogen-bond acceptors (Lipinski definition) is 7. The molecular formula is C23H20N8. The Morgan fingerprint density at radius 3 is 2.52 bits per heavy atom. The van der Waals surface area contributed by atoms with Crippen molar-refractivity contribution in [2.24, 2.45) is 0 Å². The van der Waals surface area contributed by atoms with E-state index in [0.29, 0.717) is 5.95 Å². The number of aromatic nitrogens is 6. The normalized spacial score (nSPS) is 12.0. The van der Waals surface area contributed by atoms with Gasteiger partial charge in [-0.1, -0.05) is 36.4 Å². The largest absolute Gasteiger partial charge is 0.368 e. The summed E-state index contributed by atoms with van der Waals surface area (Å²) in [5, 5.41) is 3.36. The molecule has 3 aromatic heterocycles. The van der Waals surface area contributed by atoms with Crippen LogP contribution in [0.1, 0.15) is 18.5 Å². The van der Waals surface area contributed by atoms with Crippen molar-refractivity contribution in [1.82, 2.24) is 29.5 Å². The molecule has 5 rings (SSSR count). The van der Waals surface area contributed by atoms with Gasteiger partial charge in [0, 0.05) is 24.2 Å². The Morgan fingerprint density at radius 1 is 0.903 bits per heavy atom. The zero-order valence-corrected chi connectivity index (χ0v) is 16.8. The molecule has 0 spiro atoms. The molecule has 0 radical (unpaired) electrons. The van der Waals surface area contributed by atoms with Crippen LogP contribution in [0.5, 0.6) is 0 Å². The Balaban J connectivity index is 1.44. The fourth-order valence-electron chi connectivity index (χ4n) is 3.43. The quantitative estimate of drug-likeness (QED) is 0.452. The molecule has 0 aliphatic heterocycles. The first-order valence-corrected chi connectivity index (χ1v) is 9.87. The molecule has 0 saturated heterocycles.